The molecule has 2 N–H and O–H groups in total. The lowest BCUT2D eigenvalue weighted by molar-refractivity contribution is -0.120. The Bertz CT molecular complexity index is 971. The molecule has 0 saturated carbocycles. The highest BCUT2D eigenvalue weighted by molar-refractivity contribution is 7.99. The number of aromatic amines is 1. The molecular weight excluding hydrogens is 350 g/mol. The fourth-order valence-electron chi connectivity index (χ4n) is 2.38. The summed E-state index contributed by atoms with van der Waals surface area (Å²) in [6.45, 7) is 5.49. The molecule has 3 aromatic rings. The Balaban J connectivity index is 1.66. The summed E-state index contributed by atoms with van der Waals surface area (Å²) in [4.78, 5) is 15.3. The summed E-state index contributed by atoms with van der Waals surface area (Å²) in [5.41, 5.74) is 0.904. The van der Waals surface area contributed by atoms with Crippen molar-refractivity contribution >= 4 is 28.6 Å². The third-order valence-corrected chi connectivity index (χ3v) is 5.16. The number of aromatic nitrogens is 3. The number of H-pyrrole nitrogens is 1. The minimum Gasteiger partial charge on any atom is -0.411 e. The second-order valence-corrected chi connectivity index (χ2v) is 7.35. The number of carbonyl (C=O) groups is 1. The first-order chi connectivity index (χ1) is 12.4. The first-order valence-electron chi connectivity index (χ1n) is 8.18. The molecule has 0 aliphatic heterocycles. The van der Waals surface area contributed by atoms with E-state index in [9.17, 15) is 10.1 Å². The summed E-state index contributed by atoms with van der Waals surface area (Å²) in [6.07, 6.45) is 1.82. The van der Waals surface area contributed by atoms with Crippen LogP contribution in [0.3, 0.4) is 0 Å². The number of hydrogen-bond donors (Lipinski definition) is 2. The molecule has 2 aromatic heterocycles. The number of benzene rings is 1. The van der Waals surface area contributed by atoms with E-state index in [0.29, 0.717) is 11.1 Å². The van der Waals surface area contributed by atoms with Crippen molar-refractivity contribution < 1.29 is 9.21 Å². The van der Waals surface area contributed by atoms with Crippen LogP contribution in [0.15, 0.2) is 40.1 Å². The lowest BCUT2D eigenvalue weighted by Crippen LogP contribution is -2.49. The van der Waals surface area contributed by atoms with Gasteiger partial charge < -0.3 is 14.7 Å². The fourth-order valence-corrected chi connectivity index (χ4v) is 2.94. The SMILES string of the molecule is CC(C)C(C)(C#N)NC(=O)CSc1nnc(-c2c[nH]c3ccccc23)o1. The number of fused-ring (bicyclic) bond motifs is 1. The van der Waals surface area contributed by atoms with Gasteiger partial charge in [-0.25, -0.2) is 0 Å². The van der Waals surface area contributed by atoms with Crippen molar-refractivity contribution in [3.63, 3.8) is 0 Å². The highest BCUT2D eigenvalue weighted by Crippen LogP contribution is 2.29. The van der Waals surface area contributed by atoms with Gasteiger partial charge in [0.15, 0.2) is 0 Å². The van der Waals surface area contributed by atoms with E-state index in [1.165, 1.54) is 0 Å². The largest absolute Gasteiger partial charge is 0.411 e. The van der Waals surface area contributed by atoms with Crippen LogP contribution in [0.1, 0.15) is 20.8 Å². The average molecular weight is 369 g/mol. The maximum Gasteiger partial charge on any atom is 0.277 e. The van der Waals surface area contributed by atoms with E-state index in [1.807, 2.05) is 44.3 Å². The third-order valence-electron chi connectivity index (χ3n) is 4.34. The zero-order valence-corrected chi connectivity index (χ0v) is 15.6. The predicted octanol–water partition coefficient (Wildman–Crippen LogP) is 3.36. The molecule has 1 amide bonds. The molecule has 0 saturated heterocycles. The number of nitrogens with zero attached hydrogens (tertiary/aromatic N) is 3. The molecule has 8 heteroatoms. The quantitative estimate of drug-likeness (QED) is 0.645. The maximum absolute atomic E-state index is 12.1. The minimum atomic E-state index is -0.901. The van der Waals surface area contributed by atoms with Crippen LogP contribution in [0.5, 0.6) is 0 Å². The lowest BCUT2D eigenvalue weighted by Gasteiger charge is -2.27. The fraction of sp³-hybridized carbons (Fsp3) is 0.333. The van der Waals surface area contributed by atoms with Gasteiger partial charge in [0.05, 0.1) is 17.4 Å². The molecule has 0 fully saturated rings. The molecule has 1 aromatic carbocycles. The molecular formula is C18H19N5O2S. The monoisotopic (exact) mass is 369 g/mol. The molecule has 0 aliphatic rings. The summed E-state index contributed by atoms with van der Waals surface area (Å²) in [7, 11) is 0. The molecule has 0 radical (unpaired) electrons. The third kappa shape index (κ3) is 3.58. The highest BCUT2D eigenvalue weighted by Gasteiger charge is 2.30. The van der Waals surface area contributed by atoms with Crippen LogP contribution in [0.2, 0.25) is 0 Å². The molecule has 0 aliphatic carbocycles. The van der Waals surface area contributed by atoms with Gasteiger partial charge in [0.1, 0.15) is 5.54 Å². The Morgan fingerprint density at radius 3 is 2.92 bits per heavy atom. The van der Waals surface area contributed by atoms with Crippen LogP contribution >= 0.6 is 11.8 Å². The van der Waals surface area contributed by atoms with Crippen LogP contribution in [0.25, 0.3) is 22.4 Å². The highest BCUT2D eigenvalue weighted by atomic mass is 32.2. The van der Waals surface area contributed by atoms with E-state index in [2.05, 4.69) is 26.6 Å². The van der Waals surface area contributed by atoms with Crippen molar-refractivity contribution in [2.24, 2.45) is 5.92 Å². The first-order valence-corrected chi connectivity index (χ1v) is 9.16. The zero-order chi connectivity index (χ0) is 18.7. The Morgan fingerprint density at radius 1 is 1.42 bits per heavy atom. The van der Waals surface area contributed by atoms with Gasteiger partial charge in [0, 0.05) is 17.1 Å². The molecule has 0 bridgehead atoms. The van der Waals surface area contributed by atoms with E-state index in [4.69, 9.17) is 4.42 Å². The smallest absolute Gasteiger partial charge is 0.277 e. The molecule has 7 nitrogen and oxygen atoms in total. The number of nitriles is 1. The Labute approximate surface area is 155 Å². The van der Waals surface area contributed by atoms with E-state index in [-0.39, 0.29) is 17.6 Å². The molecule has 26 heavy (non-hydrogen) atoms. The Hall–Kier alpha value is -2.79. The van der Waals surface area contributed by atoms with Crippen molar-refractivity contribution in [1.82, 2.24) is 20.5 Å². The first kappa shape index (κ1) is 18.0. The van der Waals surface area contributed by atoms with Gasteiger partial charge in [-0.1, -0.05) is 43.8 Å². The summed E-state index contributed by atoms with van der Waals surface area (Å²) in [6, 6.07) is 9.98. The minimum absolute atomic E-state index is 0.00155. The summed E-state index contributed by atoms with van der Waals surface area (Å²) in [5.74, 6) is 0.242. The average Bonchev–Trinajstić information content (AvgIpc) is 3.26. The lowest BCUT2D eigenvalue weighted by atomic mass is 9.90. The van der Waals surface area contributed by atoms with Crippen molar-refractivity contribution in [1.29, 1.82) is 5.26 Å². The van der Waals surface area contributed by atoms with Crippen molar-refractivity contribution in [3.05, 3.63) is 30.5 Å². The van der Waals surface area contributed by atoms with Gasteiger partial charge in [0.2, 0.25) is 5.91 Å². The summed E-state index contributed by atoms with van der Waals surface area (Å²) < 4.78 is 5.67. The summed E-state index contributed by atoms with van der Waals surface area (Å²) in [5, 5.41) is 21.4. The Morgan fingerprint density at radius 2 is 2.19 bits per heavy atom. The van der Waals surface area contributed by atoms with Gasteiger partial charge >= 0.3 is 0 Å². The van der Waals surface area contributed by atoms with Crippen molar-refractivity contribution in [2.45, 2.75) is 31.5 Å². The second-order valence-electron chi connectivity index (χ2n) is 6.43. The van der Waals surface area contributed by atoms with Crippen LogP contribution in [-0.2, 0) is 4.79 Å². The van der Waals surface area contributed by atoms with Gasteiger partial charge in [-0.15, -0.1) is 10.2 Å². The number of hydrogen-bond acceptors (Lipinski definition) is 6. The molecule has 134 valence electrons. The van der Waals surface area contributed by atoms with E-state index < -0.39 is 5.54 Å². The molecule has 1 unspecified atom stereocenters. The number of amides is 1. The van der Waals surface area contributed by atoms with Crippen molar-refractivity contribution in [2.75, 3.05) is 5.75 Å². The second kappa shape index (κ2) is 7.22. The van der Waals surface area contributed by atoms with Gasteiger partial charge in [-0.05, 0) is 18.9 Å². The molecule has 2 heterocycles. The molecule has 1 atom stereocenters. The predicted molar refractivity (Wildman–Crippen MR) is 99.3 cm³/mol. The van der Waals surface area contributed by atoms with E-state index >= 15 is 0 Å². The molecule has 3 rings (SSSR count). The number of thioether (sulfide) groups is 1. The normalized spacial score (nSPS) is 13.5. The number of nitrogens with one attached hydrogen (secondary N) is 2. The maximum atomic E-state index is 12.1. The summed E-state index contributed by atoms with van der Waals surface area (Å²) >= 11 is 1.14. The number of rotatable bonds is 6. The van der Waals surface area contributed by atoms with Crippen LogP contribution < -0.4 is 5.32 Å². The van der Waals surface area contributed by atoms with Gasteiger partial charge in [-0.3, -0.25) is 4.79 Å². The Kier molecular flexibility index (Phi) is 5.00. The topological polar surface area (TPSA) is 108 Å². The van der Waals surface area contributed by atoms with Crippen molar-refractivity contribution in [3.8, 4) is 17.5 Å². The van der Waals surface area contributed by atoms with E-state index in [0.717, 1.165) is 28.2 Å². The number of para-hydroxylation sites is 1. The number of carbonyl (C=O) groups excluding carboxylic acids is 1. The standard InChI is InChI=1S/C18H19N5O2S/c1-11(2)18(3,10-19)21-15(24)9-26-17-23-22-16(25-17)13-8-20-14-7-5-4-6-12(13)14/h4-8,11,20H,9H2,1-3H3,(H,21,24). The molecule has 0 spiro atoms. The zero-order valence-electron chi connectivity index (χ0n) is 14.7. The van der Waals surface area contributed by atoms with Crippen LogP contribution in [-0.4, -0.2) is 32.4 Å². The van der Waals surface area contributed by atoms with Gasteiger partial charge in [-0.2, -0.15) is 5.26 Å². The van der Waals surface area contributed by atoms with Crippen LogP contribution in [0.4, 0.5) is 0 Å². The van der Waals surface area contributed by atoms with Crippen LogP contribution in [0, 0.1) is 17.2 Å². The van der Waals surface area contributed by atoms with Gasteiger partial charge in [0.25, 0.3) is 11.1 Å². The van der Waals surface area contributed by atoms with E-state index in [1.54, 1.807) is 6.92 Å².